The lowest BCUT2D eigenvalue weighted by atomic mass is 9.53. The number of hydrogen-bond acceptors (Lipinski definition) is 7. The highest BCUT2D eigenvalue weighted by atomic mass is 16.7. The van der Waals surface area contributed by atoms with Gasteiger partial charge in [-0.05, 0) is 239 Å². The van der Waals surface area contributed by atoms with Crippen LogP contribution in [0.15, 0.2) is 24.3 Å². The molecule has 0 atom stereocenters. The quantitative estimate of drug-likeness (QED) is 0.135. The van der Waals surface area contributed by atoms with E-state index in [2.05, 4.69) is 36.1 Å². The standard InChI is InChI=1S/C57H93NO6/c1-41-7-25-49(26-8-41)58(50-27-13-43(14-28-50)9-11-45-17-31-52(61-3)32-18-45)51-29-15-44(16-30-51)10-12-46-19-33-54(34-20-46)63-56(60)64-55-37-23-48(24-38-55)57(39-5-4-6-40-57)47-21-35-53(36-22-47)62-42(2)59/h9-12,41,43-55H,4-8,13-40H2,1-3H3. The van der Waals surface area contributed by atoms with Crippen molar-refractivity contribution in [2.45, 2.75) is 268 Å². The Balaban J connectivity index is 0.731. The second-order valence-electron chi connectivity index (χ2n) is 23.4. The summed E-state index contributed by atoms with van der Waals surface area (Å²) in [5.74, 6) is 5.12. The number of nitrogens with zero attached hydrogens (tertiary/aromatic N) is 1. The van der Waals surface area contributed by atoms with Crippen molar-refractivity contribution in [1.82, 2.24) is 4.90 Å². The summed E-state index contributed by atoms with van der Waals surface area (Å²) in [5, 5.41) is 0. The van der Waals surface area contributed by atoms with E-state index in [1.807, 2.05) is 7.11 Å². The van der Waals surface area contributed by atoms with Crippen LogP contribution in [0.25, 0.3) is 0 Å². The first kappa shape index (κ1) is 48.6. The highest BCUT2D eigenvalue weighted by Crippen LogP contribution is 2.57. The zero-order valence-electron chi connectivity index (χ0n) is 41.1. The highest BCUT2D eigenvalue weighted by molar-refractivity contribution is 5.66. The maximum Gasteiger partial charge on any atom is 0.508 e. The van der Waals surface area contributed by atoms with Gasteiger partial charge in [-0.15, -0.1) is 0 Å². The molecule has 8 aliphatic carbocycles. The minimum atomic E-state index is -0.423. The predicted molar refractivity (Wildman–Crippen MR) is 258 cm³/mol. The number of carbonyl (C=O) groups is 2. The second kappa shape index (κ2) is 23.9. The van der Waals surface area contributed by atoms with Crippen molar-refractivity contribution >= 4 is 12.1 Å². The molecule has 0 bridgehead atoms. The highest BCUT2D eigenvalue weighted by Gasteiger charge is 2.48. The zero-order valence-corrected chi connectivity index (χ0v) is 41.1. The van der Waals surface area contributed by atoms with Crippen LogP contribution < -0.4 is 0 Å². The summed E-state index contributed by atoms with van der Waals surface area (Å²) in [4.78, 5) is 27.8. The summed E-state index contributed by atoms with van der Waals surface area (Å²) < 4.78 is 23.2. The van der Waals surface area contributed by atoms with Gasteiger partial charge in [-0.2, -0.15) is 0 Å². The van der Waals surface area contributed by atoms with Crippen LogP contribution in [-0.2, 0) is 23.7 Å². The van der Waals surface area contributed by atoms with E-state index in [0.29, 0.717) is 17.4 Å². The number of rotatable bonds is 13. The summed E-state index contributed by atoms with van der Waals surface area (Å²) in [6.07, 6.45) is 51.9. The number of allylic oxidation sites excluding steroid dienone is 4. The third-order valence-corrected chi connectivity index (χ3v) is 19.4. The fourth-order valence-electron chi connectivity index (χ4n) is 15.6. The van der Waals surface area contributed by atoms with Crippen molar-refractivity contribution in [2.75, 3.05) is 7.11 Å². The van der Waals surface area contributed by atoms with Gasteiger partial charge in [0.05, 0.1) is 6.10 Å². The molecule has 0 amide bonds. The third-order valence-electron chi connectivity index (χ3n) is 19.4. The van der Waals surface area contributed by atoms with Crippen molar-refractivity contribution in [2.24, 2.45) is 46.8 Å². The molecular formula is C57H93NO6. The third kappa shape index (κ3) is 13.2. The number of methoxy groups -OCH3 is 1. The predicted octanol–water partition coefficient (Wildman–Crippen LogP) is 14.6. The van der Waals surface area contributed by atoms with E-state index < -0.39 is 6.16 Å². The molecule has 0 heterocycles. The molecule has 8 fully saturated rings. The average Bonchev–Trinajstić information content (AvgIpc) is 3.33. The molecule has 0 aliphatic heterocycles. The summed E-state index contributed by atoms with van der Waals surface area (Å²) in [6.45, 7) is 4.02. The van der Waals surface area contributed by atoms with Crippen molar-refractivity contribution in [1.29, 1.82) is 0 Å². The lowest BCUT2D eigenvalue weighted by Crippen LogP contribution is -2.52. The molecule has 8 aliphatic rings. The summed E-state index contributed by atoms with van der Waals surface area (Å²) in [5.41, 5.74) is 0.424. The van der Waals surface area contributed by atoms with Crippen molar-refractivity contribution in [3.63, 3.8) is 0 Å². The Bertz CT molecular complexity index is 1450. The van der Waals surface area contributed by atoms with Gasteiger partial charge >= 0.3 is 12.1 Å². The largest absolute Gasteiger partial charge is 0.508 e. The number of esters is 1. The van der Waals surface area contributed by atoms with Gasteiger partial charge in [-0.1, -0.05) is 50.5 Å². The average molecular weight is 888 g/mol. The van der Waals surface area contributed by atoms with Gasteiger partial charge in [-0.3, -0.25) is 9.69 Å². The second-order valence-corrected chi connectivity index (χ2v) is 23.4. The van der Waals surface area contributed by atoms with Crippen LogP contribution in [-0.4, -0.2) is 66.7 Å². The molecule has 362 valence electrons. The van der Waals surface area contributed by atoms with Gasteiger partial charge in [-0.25, -0.2) is 4.79 Å². The molecular weight excluding hydrogens is 795 g/mol. The van der Waals surface area contributed by atoms with Gasteiger partial charge in [0.1, 0.15) is 18.3 Å². The Labute approximate surface area is 390 Å². The van der Waals surface area contributed by atoms with E-state index in [-0.39, 0.29) is 24.3 Å². The fraction of sp³-hybridized carbons (Fsp3) is 0.895. The van der Waals surface area contributed by atoms with Crippen LogP contribution in [0.4, 0.5) is 4.79 Å². The van der Waals surface area contributed by atoms with E-state index in [0.717, 1.165) is 118 Å². The van der Waals surface area contributed by atoms with Gasteiger partial charge in [0.2, 0.25) is 0 Å². The Hall–Kier alpha value is -1.86. The van der Waals surface area contributed by atoms with Crippen molar-refractivity contribution < 1.29 is 28.5 Å². The molecule has 0 N–H and O–H groups in total. The number of carbonyl (C=O) groups excluding carboxylic acids is 2. The summed E-state index contributed by atoms with van der Waals surface area (Å²) >= 11 is 0. The van der Waals surface area contributed by atoms with Crippen LogP contribution >= 0.6 is 0 Å². The van der Waals surface area contributed by atoms with Gasteiger partial charge in [0.25, 0.3) is 0 Å². The van der Waals surface area contributed by atoms with Gasteiger partial charge in [0.15, 0.2) is 0 Å². The Morgan fingerprint density at radius 3 is 1.17 bits per heavy atom. The molecule has 7 heteroatoms. The van der Waals surface area contributed by atoms with E-state index in [1.165, 1.54) is 148 Å². The van der Waals surface area contributed by atoms with E-state index >= 15 is 0 Å². The lowest BCUT2D eigenvalue weighted by Gasteiger charge is -2.52. The first-order valence-corrected chi connectivity index (χ1v) is 27.9. The zero-order chi connectivity index (χ0) is 44.3. The molecule has 0 radical (unpaired) electrons. The Morgan fingerprint density at radius 1 is 0.438 bits per heavy atom. The number of ether oxygens (including phenoxy) is 4. The van der Waals surface area contributed by atoms with Crippen LogP contribution in [0.3, 0.4) is 0 Å². The molecule has 0 saturated heterocycles. The fourth-order valence-corrected chi connectivity index (χ4v) is 15.6. The molecule has 0 spiro atoms. The summed E-state index contributed by atoms with van der Waals surface area (Å²) in [7, 11) is 1.88. The van der Waals surface area contributed by atoms with Crippen LogP contribution in [0.1, 0.15) is 226 Å². The Kier molecular flexibility index (Phi) is 18.2. The topological polar surface area (TPSA) is 74.3 Å². The molecule has 0 aromatic heterocycles. The molecule has 7 nitrogen and oxygen atoms in total. The molecule has 0 unspecified atom stereocenters. The minimum absolute atomic E-state index is 0.00232. The number of hydrogen-bond donors (Lipinski definition) is 0. The lowest BCUT2D eigenvalue weighted by molar-refractivity contribution is -0.149. The molecule has 0 aromatic carbocycles. The molecule has 64 heavy (non-hydrogen) atoms. The smallest absolute Gasteiger partial charge is 0.463 e. The van der Waals surface area contributed by atoms with Gasteiger partial charge in [0, 0.05) is 32.2 Å². The van der Waals surface area contributed by atoms with E-state index in [1.54, 1.807) is 6.92 Å². The normalized spacial score (nSPS) is 40.2. The first-order valence-electron chi connectivity index (χ1n) is 27.9. The maximum atomic E-state index is 13.1. The van der Waals surface area contributed by atoms with Crippen LogP contribution in [0.2, 0.25) is 0 Å². The first-order chi connectivity index (χ1) is 31.2. The molecule has 0 aromatic rings. The van der Waals surface area contributed by atoms with Crippen molar-refractivity contribution in [3.8, 4) is 0 Å². The minimum Gasteiger partial charge on any atom is -0.463 e. The van der Waals surface area contributed by atoms with Crippen LogP contribution in [0.5, 0.6) is 0 Å². The molecule has 8 rings (SSSR count). The molecule has 8 saturated carbocycles. The maximum absolute atomic E-state index is 13.1. The Morgan fingerprint density at radius 2 is 0.781 bits per heavy atom. The van der Waals surface area contributed by atoms with Gasteiger partial charge < -0.3 is 18.9 Å². The summed E-state index contributed by atoms with van der Waals surface area (Å²) in [6, 6.07) is 2.37. The van der Waals surface area contributed by atoms with Crippen LogP contribution in [0, 0.1) is 46.8 Å². The monoisotopic (exact) mass is 888 g/mol. The van der Waals surface area contributed by atoms with E-state index in [9.17, 15) is 9.59 Å². The van der Waals surface area contributed by atoms with E-state index in [4.69, 9.17) is 18.9 Å². The SMILES string of the molecule is COC1CCC(C=CC2CCC(N(C3CCC(C)CC3)C3CCC(C=CC4CCC(OC(=O)OC5CCC(C6(C7CCC(OC(C)=O)CC7)CCCCC6)CC5)CC4)CC3)CC2)CC1. The van der Waals surface area contributed by atoms with Crippen molar-refractivity contribution in [3.05, 3.63) is 24.3 Å².